The molecule has 2 rings (SSSR count). The van der Waals surface area contributed by atoms with Gasteiger partial charge in [-0.1, -0.05) is 0 Å². The molecule has 0 spiro atoms. The number of carbonyl (C=O) groups excluding carboxylic acids is 1. The number of aryl methyl sites for hydroxylation is 2. The quantitative estimate of drug-likeness (QED) is 0.482. The van der Waals surface area contributed by atoms with Gasteiger partial charge >= 0.3 is 0 Å². The Morgan fingerprint density at radius 1 is 1.21 bits per heavy atom. The minimum atomic E-state index is -0.414. The van der Waals surface area contributed by atoms with Crippen LogP contribution in [-0.4, -0.2) is 15.8 Å². The van der Waals surface area contributed by atoms with Gasteiger partial charge in [0, 0.05) is 34.8 Å². The van der Waals surface area contributed by atoms with Crippen molar-refractivity contribution in [1.82, 2.24) is 4.57 Å². The molecule has 0 bridgehead atoms. The minimum absolute atomic E-state index is 0.0688. The van der Waals surface area contributed by atoms with Gasteiger partial charge in [-0.2, -0.15) is 0 Å². The van der Waals surface area contributed by atoms with Crippen molar-refractivity contribution < 1.29 is 9.72 Å². The number of hydrogen-bond acceptors (Lipinski definition) is 3. The molecular formula is C14H14N2O3. The van der Waals surface area contributed by atoms with Crippen LogP contribution in [0.25, 0.3) is 5.69 Å². The first-order valence-electron chi connectivity index (χ1n) is 5.85. The molecular weight excluding hydrogens is 244 g/mol. The van der Waals surface area contributed by atoms with Crippen LogP contribution < -0.4 is 0 Å². The standard InChI is InChI=1S/C14H14N2O3/c1-9-6-13(16(18)19)4-5-14(9)15-10(2)7-12(8-17)11(15)3/h4-8H,1-3H3. The number of non-ortho nitro benzene ring substituents is 1. The molecule has 2 aromatic rings. The molecule has 0 amide bonds. The minimum Gasteiger partial charge on any atom is -0.318 e. The van der Waals surface area contributed by atoms with E-state index in [-0.39, 0.29) is 5.69 Å². The van der Waals surface area contributed by atoms with Crippen LogP contribution in [0.4, 0.5) is 5.69 Å². The van der Waals surface area contributed by atoms with Crippen molar-refractivity contribution in [3.63, 3.8) is 0 Å². The van der Waals surface area contributed by atoms with Crippen LogP contribution in [0.5, 0.6) is 0 Å². The molecule has 0 radical (unpaired) electrons. The van der Waals surface area contributed by atoms with Gasteiger partial charge in [0.05, 0.1) is 4.92 Å². The van der Waals surface area contributed by atoms with E-state index in [0.717, 1.165) is 28.9 Å². The van der Waals surface area contributed by atoms with Crippen molar-refractivity contribution in [2.75, 3.05) is 0 Å². The van der Waals surface area contributed by atoms with Gasteiger partial charge in [-0.05, 0) is 38.5 Å². The van der Waals surface area contributed by atoms with E-state index in [1.165, 1.54) is 12.1 Å². The first-order chi connectivity index (χ1) is 8.95. The molecule has 1 aromatic carbocycles. The van der Waals surface area contributed by atoms with Crippen molar-refractivity contribution in [1.29, 1.82) is 0 Å². The summed E-state index contributed by atoms with van der Waals surface area (Å²) in [6.07, 6.45) is 0.819. The second-order valence-electron chi connectivity index (χ2n) is 4.51. The van der Waals surface area contributed by atoms with Crippen molar-refractivity contribution >= 4 is 12.0 Å². The lowest BCUT2D eigenvalue weighted by Gasteiger charge is -2.12. The van der Waals surface area contributed by atoms with Gasteiger partial charge in [0.15, 0.2) is 6.29 Å². The topological polar surface area (TPSA) is 65.1 Å². The fraction of sp³-hybridized carbons (Fsp3) is 0.214. The second kappa shape index (κ2) is 4.68. The summed E-state index contributed by atoms with van der Waals surface area (Å²) in [6, 6.07) is 6.53. The predicted octanol–water partition coefficient (Wildman–Crippen LogP) is 3.12. The maximum absolute atomic E-state index is 10.9. The van der Waals surface area contributed by atoms with E-state index in [1.807, 2.05) is 31.4 Å². The Balaban J connectivity index is 2.63. The lowest BCUT2D eigenvalue weighted by Crippen LogP contribution is -2.02. The Morgan fingerprint density at radius 3 is 2.37 bits per heavy atom. The maximum Gasteiger partial charge on any atom is 0.269 e. The zero-order chi connectivity index (χ0) is 14.2. The van der Waals surface area contributed by atoms with Gasteiger partial charge in [-0.15, -0.1) is 0 Å². The summed E-state index contributed by atoms with van der Waals surface area (Å²) in [6.45, 7) is 5.58. The lowest BCUT2D eigenvalue weighted by atomic mass is 10.1. The molecule has 0 fully saturated rings. The molecule has 0 aliphatic heterocycles. The van der Waals surface area contributed by atoms with Crippen LogP contribution in [0, 0.1) is 30.9 Å². The number of carbonyl (C=O) groups is 1. The Kier molecular flexibility index (Phi) is 3.21. The van der Waals surface area contributed by atoms with Gasteiger partial charge in [0.1, 0.15) is 0 Å². The zero-order valence-electron chi connectivity index (χ0n) is 11.0. The monoisotopic (exact) mass is 258 g/mol. The van der Waals surface area contributed by atoms with E-state index >= 15 is 0 Å². The van der Waals surface area contributed by atoms with Crippen molar-refractivity contribution in [2.24, 2.45) is 0 Å². The number of nitro groups is 1. The highest BCUT2D eigenvalue weighted by atomic mass is 16.6. The average Bonchev–Trinajstić information content (AvgIpc) is 2.64. The van der Waals surface area contributed by atoms with E-state index in [1.54, 1.807) is 6.07 Å². The van der Waals surface area contributed by atoms with Crippen molar-refractivity contribution in [3.8, 4) is 5.69 Å². The SMILES string of the molecule is Cc1cc([N+](=O)[O-])ccc1-n1c(C)cc(C=O)c1C. The number of hydrogen-bond donors (Lipinski definition) is 0. The molecule has 19 heavy (non-hydrogen) atoms. The summed E-state index contributed by atoms with van der Waals surface area (Å²) < 4.78 is 1.93. The number of rotatable bonds is 3. The van der Waals surface area contributed by atoms with Crippen molar-refractivity contribution in [3.05, 3.63) is 56.9 Å². The third-order valence-corrected chi connectivity index (χ3v) is 3.23. The van der Waals surface area contributed by atoms with Crippen LogP contribution in [0.1, 0.15) is 27.3 Å². The summed E-state index contributed by atoms with van der Waals surface area (Å²) in [4.78, 5) is 21.3. The van der Waals surface area contributed by atoms with Gasteiger partial charge in [-0.3, -0.25) is 14.9 Å². The molecule has 0 aliphatic carbocycles. The number of aromatic nitrogens is 1. The molecule has 0 aliphatic rings. The maximum atomic E-state index is 10.9. The highest BCUT2D eigenvalue weighted by Crippen LogP contribution is 2.25. The smallest absolute Gasteiger partial charge is 0.269 e. The molecule has 1 aromatic heterocycles. The fourth-order valence-electron chi connectivity index (χ4n) is 2.28. The van der Waals surface area contributed by atoms with E-state index < -0.39 is 4.92 Å². The Hall–Kier alpha value is -2.43. The Bertz CT molecular complexity index is 672. The molecule has 98 valence electrons. The molecule has 5 heteroatoms. The van der Waals surface area contributed by atoms with Crippen LogP contribution in [0.3, 0.4) is 0 Å². The summed E-state index contributed by atoms with van der Waals surface area (Å²) in [5.41, 5.74) is 4.12. The first kappa shape index (κ1) is 13.0. The number of nitro benzene ring substituents is 1. The third-order valence-electron chi connectivity index (χ3n) is 3.23. The highest BCUT2D eigenvalue weighted by Gasteiger charge is 2.14. The molecule has 0 atom stereocenters. The van der Waals surface area contributed by atoms with Gasteiger partial charge in [0.2, 0.25) is 0 Å². The molecule has 0 unspecified atom stereocenters. The fourth-order valence-corrected chi connectivity index (χ4v) is 2.28. The van der Waals surface area contributed by atoms with Crippen LogP contribution in [0.15, 0.2) is 24.3 Å². The Labute approximate surface area is 110 Å². The van der Waals surface area contributed by atoms with E-state index in [0.29, 0.717) is 5.56 Å². The zero-order valence-corrected chi connectivity index (χ0v) is 11.0. The van der Waals surface area contributed by atoms with Gasteiger partial charge in [-0.25, -0.2) is 0 Å². The van der Waals surface area contributed by atoms with E-state index in [2.05, 4.69) is 0 Å². The van der Waals surface area contributed by atoms with Crippen LogP contribution in [-0.2, 0) is 0 Å². The molecule has 0 N–H and O–H groups in total. The van der Waals surface area contributed by atoms with Gasteiger partial charge < -0.3 is 4.57 Å². The molecule has 1 heterocycles. The summed E-state index contributed by atoms with van der Waals surface area (Å²) in [5.74, 6) is 0. The average molecular weight is 258 g/mol. The second-order valence-corrected chi connectivity index (χ2v) is 4.51. The largest absolute Gasteiger partial charge is 0.318 e. The highest BCUT2D eigenvalue weighted by molar-refractivity contribution is 5.77. The van der Waals surface area contributed by atoms with Crippen molar-refractivity contribution in [2.45, 2.75) is 20.8 Å². The normalized spacial score (nSPS) is 10.5. The van der Waals surface area contributed by atoms with Gasteiger partial charge in [0.25, 0.3) is 5.69 Å². The lowest BCUT2D eigenvalue weighted by molar-refractivity contribution is -0.384. The summed E-state index contributed by atoms with van der Waals surface area (Å²) in [5, 5.41) is 10.7. The number of benzene rings is 1. The number of aldehydes is 1. The first-order valence-corrected chi connectivity index (χ1v) is 5.85. The number of nitrogens with zero attached hydrogens (tertiary/aromatic N) is 2. The molecule has 0 saturated carbocycles. The summed E-state index contributed by atoms with van der Waals surface area (Å²) in [7, 11) is 0. The molecule has 0 saturated heterocycles. The third kappa shape index (κ3) is 2.14. The van der Waals surface area contributed by atoms with Crippen LogP contribution >= 0.6 is 0 Å². The molecule has 5 nitrogen and oxygen atoms in total. The Morgan fingerprint density at radius 2 is 1.89 bits per heavy atom. The van der Waals surface area contributed by atoms with Crippen LogP contribution in [0.2, 0.25) is 0 Å². The summed E-state index contributed by atoms with van der Waals surface area (Å²) >= 11 is 0. The predicted molar refractivity (Wildman–Crippen MR) is 72.0 cm³/mol. The van der Waals surface area contributed by atoms with E-state index in [4.69, 9.17) is 0 Å². The van der Waals surface area contributed by atoms with E-state index in [9.17, 15) is 14.9 Å².